The van der Waals surface area contributed by atoms with Gasteiger partial charge in [0.2, 0.25) is 0 Å². The van der Waals surface area contributed by atoms with Crippen molar-refractivity contribution in [2.24, 2.45) is 7.05 Å². The van der Waals surface area contributed by atoms with Gasteiger partial charge in [0.1, 0.15) is 11.9 Å². The lowest BCUT2D eigenvalue weighted by molar-refractivity contribution is -0.0355. The fraction of sp³-hybridized carbons (Fsp3) is 0.389. The quantitative estimate of drug-likeness (QED) is 0.745. The molecule has 0 saturated carbocycles. The van der Waals surface area contributed by atoms with Crippen LogP contribution in [0.4, 0.5) is 10.9 Å². The molecule has 4 rings (SSSR count). The third-order valence-corrected chi connectivity index (χ3v) is 5.29. The molecule has 3 aromatic rings. The van der Waals surface area contributed by atoms with Crippen LogP contribution in [-0.4, -0.2) is 44.3 Å². The van der Waals surface area contributed by atoms with Gasteiger partial charge in [0.15, 0.2) is 5.13 Å². The number of nitrogens with zero attached hydrogens (tertiary/aromatic N) is 5. The Hall–Kier alpha value is -2.29. The smallest absolute Gasteiger partial charge is 0.188 e. The summed E-state index contributed by atoms with van der Waals surface area (Å²) in [4.78, 5) is 11.6. The van der Waals surface area contributed by atoms with E-state index in [1.807, 2.05) is 48.4 Å². The van der Waals surface area contributed by atoms with Crippen molar-refractivity contribution >= 4 is 22.3 Å². The van der Waals surface area contributed by atoms with Crippen molar-refractivity contribution in [3.05, 3.63) is 52.9 Å². The number of nitrogens with one attached hydrogen (secondary N) is 1. The van der Waals surface area contributed by atoms with Crippen molar-refractivity contribution in [2.75, 3.05) is 25.0 Å². The highest BCUT2D eigenvalue weighted by molar-refractivity contribution is 7.13. The Balaban J connectivity index is 1.44. The van der Waals surface area contributed by atoms with E-state index in [1.165, 1.54) is 5.69 Å². The van der Waals surface area contributed by atoms with Gasteiger partial charge in [0.25, 0.3) is 0 Å². The summed E-state index contributed by atoms with van der Waals surface area (Å²) in [6.07, 6.45) is 1.81. The zero-order valence-electron chi connectivity index (χ0n) is 14.9. The minimum Gasteiger partial charge on any atom is -0.369 e. The summed E-state index contributed by atoms with van der Waals surface area (Å²) in [5, 5.41) is 10.4. The van der Waals surface area contributed by atoms with Crippen LogP contribution in [-0.2, 0) is 18.3 Å². The van der Waals surface area contributed by atoms with Crippen LogP contribution in [0.3, 0.4) is 0 Å². The molecule has 0 amide bonds. The molecular weight excluding hydrogens is 348 g/mol. The number of aryl methyl sites for hydroxylation is 2. The summed E-state index contributed by atoms with van der Waals surface area (Å²) < 4.78 is 7.91. The molecule has 0 radical (unpaired) electrons. The fourth-order valence-electron chi connectivity index (χ4n) is 3.03. The van der Waals surface area contributed by atoms with Gasteiger partial charge in [0, 0.05) is 38.3 Å². The summed E-state index contributed by atoms with van der Waals surface area (Å²) >= 11 is 1.58. The molecule has 26 heavy (non-hydrogen) atoms. The molecular formula is C18H22N6OS. The number of morpholine rings is 1. The molecule has 7 nitrogen and oxygen atoms in total. The molecule has 1 aliphatic heterocycles. The molecule has 0 unspecified atom stereocenters. The molecule has 8 heteroatoms. The van der Waals surface area contributed by atoms with E-state index in [0.717, 1.165) is 42.0 Å². The van der Waals surface area contributed by atoms with E-state index in [2.05, 4.69) is 26.4 Å². The molecule has 136 valence electrons. The van der Waals surface area contributed by atoms with Crippen LogP contribution in [0.15, 0.2) is 35.8 Å². The highest BCUT2D eigenvalue weighted by atomic mass is 32.1. The Morgan fingerprint density at radius 1 is 1.31 bits per heavy atom. The van der Waals surface area contributed by atoms with Gasteiger partial charge in [-0.3, -0.25) is 9.58 Å². The third kappa shape index (κ3) is 3.92. The molecule has 1 atom stereocenters. The molecule has 1 fully saturated rings. The SMILES string of the molecule is Cc1csc(Nc2cccc([C@H]3CN(Cc4ccnn4C)CCO3)n2)n1. The molecule has 3 aromatic heterocycles. The number of hydrogen-bond donors (Lipinski definition) is 1. The molecule has 1 N–H and O–H groups in total. The zero-order valence-corrected chi connectivity index (χ0v) is 15.7. The van der Waals surface area contributed by atoms with Crippen LogP contribution >= 0.6 is 11.3 Å². The number of anilines is 2. The van der Waals surface area contributed by atoms with Gasteiger partial charge < -0.3 is 10.1 Å². The van der Waals surface area contributed by atoms with Gasteiger partial charge in [-0.1, -0.05) is 6.07 Å². The first-order valence-electron chi connectivity index (χ1n) is 8.64. The summed E-state index contributed by atoms with van der Waals surface area (Å²) in [5.74, 6) is 0.796. The molecule has 1 aliphatic rings. The topological polar surface area (TPSA) is 68.1 Å². The Kier molecular flexibility index (Phi) is 4.96. The van der Waals surface area contributed by atoms with Crippen molar-refractivity contribution in [1.82, 2.24) is 24.6 Å². The van der Waals surface area contributed by atoms with Crippen LogP contribution in [0.2, 0.25) is 0 Å². The predicted octanol–water partition coefficient (Wildman–Crippen LogP) is 2.90. The maximum Gasteiger partial charge on any atom is 0.188 e. The van der Waals surface area contributed by atoms with Gasteiger partial charge in [-0.15, -0.1) is 11.3 Å². The van der Waals surface area contributed by atoms with Crippen LogP contribution in [0.25, 0.3) is 0 Å². The second kappa shape index (κ2) is 7.53. The van der Waals surface area contributed by atoms with Crippen molar-refractivity contribution in [3.63, 3.8) is 0 Å². The summed E-state index contributed by atoms with van der Waals surface area (Å²) in [5.41, 5.74) is 3.15. The van der Waals surface area contributed by atoms with Crippen LogP contribution < -0.4 is 5.32 Å². The normalized spacial score (nSPS) is 18.2. The highest BCUT2D eigenvalue weighted by Crippen LogP contribution is 2.25. The van der Waals surface area contributed by atoms with E-state index in [-0.39, 0.29) is 6.10 Å². The molecule has 4 heterocycles. The first kappa shape index (κ1) is 17.1. The molecule has 1 saturated heterocycles. The van der Waals surface area contributed by atoms with Crippen molar-refractivity contribution in [1.29, 1.82) is 0 Å². The maximum atomic E-state index is 5.99. The van der Waals surface area contributed by atoms with E-state index in [0.29, 0.717) is 6.61 Å². The standard InChI is InChI=1S/C18H22N6OS/c1-13-12-26-18(20-13)22-17-5-3-4-15(21-17)16-11-24(8-9-25-16)10-14-6-7-19-23(14)2/h3-7,12,16H,8-11H2,1-2H3,(H,20,21,22)/t16-/m1/s1. The molecule has 0 aromatic carbocycles. The number of pyridine rings is 1. The lowest BCUT2D eigenvalue weighted by Crippen LogP contribution is -2.38. The van der Waals surface area contributed by atoms with Crippen molar-refractivity contribution in [2.45, 2.75) is 19.6 Å². The van der Waals surface area contributed by atoms with Crippen LogP contribution in [0.1, 0.15) is 23.2 Å². The van der Waals surface area contributed by atoms with E-state index in [4.69, 9.17) is 9.72 Å². The second-order valence-corrected chi connectivity index (χ2v) is 7.27. The summed E-state index contributed by atoms with van der Waals surface area (Å²) in [6.45, 7) is 5.29. The molecule has 0 bridgehead atoms. The summed E-state index contributed by atoms with van der Waals surface area (Å²) in [6, 6.07) is 8.05. The van der Waals surface area contributed by atoms with E-state index >= 15 is 0 Å². The predicted molar refractivity (Wildman–Crippen MR) is 102 cm³/mol. The number of thiazole rings is 1. The molecule has 0 aliphatic carbocycles. The van der Waals surface area contributed by atoms with E-state index < -0.39 is 0 Å². The average Bonchev–Trinajstić information content (AvgIpc) is 3.24. The highest BCUT2D eigenvalue weighted by Gasteiger charge is 2.24. The Labute approximate surface area is 156 Å². The zero-order chi connectivity index (χ0) is 17.9. The van der Waals surface area contributed by atoms with E-state index in [9.17, 15) is 0 Å². The third-order valence-electron chi connectivity index (χ3n) is 4.41. The van der Waals surface area contributed by atoms with Gasteiger partial charge in [0.05, 0.1) is 23.7 Å². The minimum atomic E-state index is -0.0308. The van der Waals surface area contributed by atoms with Gasteiger partial charge in [-0.25, -0.2) is 9.97 Å². The van der Waals surface area contributed by atoms with Crippen molar-refractivity contribution < 1.29 is 4.74 Å². The average molecular weight is 370 g/mol. The first-order chi connectivity index (χ1) is 12.7. The van der Waals surface area contributed by atoms with E-state index in [1.54, 1.807) is 11.3 Å². The van der Waals surface area contributed by atoms with Crippen LogP contribution in [0.5, 0.6) is 0 Å². The van der Waals surface area contributed by atoms with Gasteiger partial charge in [-0.2, -0.15) is 5.10 Å². The maximum absolute atomic E-state index is 5.99. The van der Waals surface area contributed by atoms with Gasteiger partial charge in [-0.05, 0) is 25.1 Å². The lowest BCUT2D eigenvalue weighted by atomic mass is 10.2. The number of ether oxygens (including phenoxy) is 1. The fourth-order valence-corrected chi connectivity index (χ4v) is 3.73. The monoisotopic (exact) mass is 370 g/mol. The number of rotatable bonds is 5. The summed E-state index contributed by atoms with van der Waals surface area (Å²) in [7, 11) is 1.98. The van der Waals surface area contributed by atoms with Crippen molar-refractivity contribution in [3.8, 4) is 0 Å². The van der Waals surface area contributed by atoms with Gasteiger partial charge >= 0.3 is 0 Å². The minimum absolute atomic E-state index is 0.0308. The number of hydrogen-bond acceptors (Lipinski definition) is 7. The largest absolute Gasteiger partial charge is 0.369 e. The second-order valence-electron chi connectivity index (χ2n) is 6.41. The van der Waals surface area contributed by atoms with Crippen LogP contribution in [0, 0.1) is 6.92 Å². The Bertz CT molecular complexity index is 876. The number of aromatic nitrogens is 4. The first-order valence-corrected chi connectivity index (χ1v) is 9.52. The lowest BCUT2D eigenvalue weighted by Gasteiger charge is -2.32. The Morgan fingerprint density at radius 2 is 2.23 bits per heavy atom. The Morgan fingerprint density at radius 3 is 3.00 bits per heavy atom. The molecule has 0 spiro atoms.